The third-order valence-electron chi connectivity index (χ3n) is 7.85. The van der Waals surface area contributed by atoms with Gasteiger partial charge in [0.15, 0.2) is 12.1 Å². The molecule has 0 aromatic heterocycles. The van der Waals surface area contributed by atoms with E-state index in [4.69, 9.17) is 15.9 Å². The highest BCUT2D eigenvalue weighted by Gasteiger charge is 2.52. The molecular weight excluding hydrogens is 496 g/mol. The van der Waals surface area contributed by atoms with Crippen LogP contribution in [0.1, 0.15) is 39.5 Å². The van der Waals surface area contributed by atoms with E-state index in [0.29, 0.717) is 32.5 Å². The van der Waals surface area contributed by atoms with Crippen LogP contribution in [0.25, 0.3) is 0 Å². The molecule has 3 rings (SSSR count). The van der Waals surface area contributed by atoms with Crippen LogP contribution in [-0.4, -0.2) is 119 Å². The fourth-order valence-corrected chi connectivity index (χ4v) is 5.62. The monoisotopic (exact) mass is 538 g/mol. The van der Waals surface area contributed by atoms with Gasteiger partial charge in [0.1, 0.15) is 12.1 Å². The number of amides is 3. The van der Waals surface area contributed by atoms with Gasteiger partial charge in [-0.3, -0.25) is 19.8 Å². The van der Waals surface area contributed by atoms with Crippen molar-refractivity contribution in [2.45, 2.75) is 76.0 Å². The fraction of sp³-hybridized carbons (Fsp3) is 0.760. The Hall–Kier alpha value is -2.74. The Bertz CT molecular complexity index is 924. The van der Waals surface area contributed by atoms with Gasteiger partial charge in [-0.05, 0) is 37.5 Å². The predicted molar refractivity (Wildman–Crippen MR) is 138 cm³/mol. The van der Waals surface area contributed by atoms with Crippen LogP contribution in [0.2, 0.25) is 0 Å². The number of nitrogens with two attached hydrogens (primary N) is 1. The highest BCUT2D eigenvalue weighted by molar-refractivity contribution is 5.94. The standard InChI is InChI=1S/C25H42N6O7/c1-13(2)21(29-23(36)20(12-32)38-3)24(37)31-16-10-19(34)18(33)9-15(16)8-17(31)22(35)28-6-4-14-5-7-30(11-14)25(26)27/h5,13,15-21,32-34H,4,6-12H2,1-3H3,(H3,26,27)(H,28,35)(H,29,36)/t15-,16+,17+,18+,19+,20-,21-/m1/s1. The van der Waals surface area contributed by atoms with E-state index < -0.39 is 54.9 Å². The van der Waals surface area contributed by atoms with Crippen molar-refractivity contribution in [3.8, 4) is 0 Å². The largest absolute Gasteiger partial charge is 0.393 e. The van der Waals surface area contributed by atoms with Crippen molar-refractivity contribution in [1.29, 1.82) is 5.41 Å². The topological polar surface area (TPSA) is 202 Å². The molecule has 8 N–H and O–H groups in total. The number of carbonyl (C=O) groups excluding carboxylic acids is 3. The van der Waals surface area contributed by atoms with Crippen LogP contribution < -0.4 is 16.4 Å². The molecule has 3 aliphatic rings. The lowest BCUT2D eigenvalue weighted by atomic mass is 9.81. The second kappa shape index (κ2) is 12.9. The lowest BCUT2D eigenvalue weighted by molar-refractivity contribution is -0.148. The van der Waals surface area contributed by atoms with Crippen molar-refractivity contribution in [3.63, 3.8) is 0 Å². The average Bonchev–Trinajstić information content (AvgIpc) is 3.48. The van der Waals surface area contributed by atoms with E-state index >= 15 is 0 Å². The number of aliphatic hydroxyl groups excluding tert-OH is 3. The van der Waals surface area contributed by atoms with Crippen molar-refractivity contribution in [2.24, 2.45) is 17.6 Å². The maximum atomic E-state index is 13.9. The number of fused-ring (bicyclic) bond motifs is 1. The summed E-state index contributed by atoms with van der Waals surface area (Å²) in [6, 6.07) is -2.27. The van der Waals surface area contributed by atoms with E-state index in [0.717, 1.165) is 5.57 Å². The number of nitrogens with zero attached hydrogens (tertiary/aromatic N) is 2. The molecule has 13 nitrogen and oxygen atoms in total. The van der Waals surface area contributed by atoms with Crippen LogP contribution in [0, 0.1) is 17.2 Å². The molecule has 3 amide bonds. The molecule has 7 atom stereocenters. The summed E-state index contributed by atoms with van der Waals surface area (Å²) in [7, 11) is 1.28. The summed E-state index contributed by atoms with van der Waals surface area (Å²) < 4.78 is 4.99. The summed E-state index contributed by atoms with van der Waals surface area (Å²) in [4.78, 5) is 43.1. The molecule has 38 heavy (non-hydrogen) atoms. The molecule has 0 spiro atoms. The van der Waals surface area contributed by atoms with Crippen molar-refractivity contribution < 1.29 is 34.4 Å². The number of guanidine groups is 1. The minimum Gasteiger partial charge on any atom is -0.393 e. The third kappa shape index (κ3) is 6.63. The van der Waals surface area contributed by atoms with Gasteiger partial charge in [-0.1, -0.05) is 25.5 Å². The van der Waals surface area contributed by atoms with Gasteiger partial charge in [-0.2, -0.15) is 0 Å². The number of carbonyl (C=O) groups is 3. The Morgan fingerprint density at radius 3 is 2.47 bits per heavy atom. The molecule has 0 radical (unpaired) electrons. The van der Waals surface area contributed by atoms with Gasteiger partial charge < -0.3 is 46.2 Å². The Morgan fingerprint density at radius 2 is 1.89 bits per heavy atom. The number of ether oxygens (including phenoxy) is 1. The molecular formula is C25H42N6O7. The van der Waals surface area contributed by atoms with Crippen LogP contribution in [0.4, 0.5) is 0 Å². The maximum Gasteiger partial charge on any atom is 0.252 e. The highest BCUT2D eigenvalue weighted by atomic mass is 16.5. The number of hydrogen-bond donors (Lipinski definition) is 7. The second-order valence-corrected chi connectivity index (χ2v) is 10.7. The molecule has 0 aromatic rings. The predicted octanol–water partition coefficient (Wildman–Crippen LogP) is -2.12. The summed E-state index contributed by atoms with van der Waals surface area (Å²) >= 11 is 0. The summed E-state index contributed by atoms with van der Waals surface area (Å²) in [5.41, 5.74) is 6.59. The first-order valence-corrected chi connectivity index (χ1v) is 13.1. The van der Waals surface area contributed by atoms with Crippen LogP contribution in [0.3, 0.4) is 0 Å². The summed E-state index contributed by atoms with van der Waals surface area (Å²) in [6.07, 6.45) is 0.199. The number of likely N-dealkylation sites (tertiary alicyclic amines) is 1. The SMILES string of the molecule is CO[C@H](CO)C(=O)N[C@@H](C(=O)N1[C@H](C(=O)NCCC2=CCN(C(=N)N)C2)C[C@@H]2C[C@H](O)[C@@H](O)C[C@@H]21)C(C)C. The molecule has 214 valence electrons. The molecule has 1 aliphatic carbocycles. The molecule has 1 saturated heterocycles. The first kappa shape index (κ1) is 29.8. The minimum absolute atomic E-state index is 0.00465. The summed E-state index contributed by atoms with van der Waals surface area (Å²) in [6.45, 7) is 4.42. The molecule has 0 bridgehead atoms. The van der Waals surface area contributed by atoms with Crippen molar-refractivity contribution in [2.75, 3.05) is 33.4 Å². The summed E-state index contributed by atoms with van der Waals surface area (Å²) in [5, 5.41) is 43.2. The van der Waals surface area contributed by atoms with Gasteiger partial charge >= 0.3 is 0 Å². The third-order valence-corrected chi connectivity index (χ3v) is 7.85. The van der Waals surface area contributed by atoms with Gasteiger partial charge in [0.05, 0.1) is 18.8 Å². The van der Waals surface area contributed by atoms with E-state index in [1.54, 1.807) is 18.7 Å². The fourth-order valence-electron chi connectivity index (χ4n) is 5.62. The van der Waals surface area contributed by atoms with Gasteiger partial charge in [-0.15, -0.1) is 0 Å². The average molecular weight is 539 g/mol. The number of nitrogens with one attached hydrogen (secondary N) is 3. The molecule has 2 fully saturated rings. The number of aliphatic hydroxyl groups is 3. The highest BCUT2D eigenvalue weighted by Crippen LogP contribution is 2.40. The minimum atomic E-state index is -1.13. The van der Waals surface area contributed by atoms with E-state index in [1.165, 1.54) is 12.0 Å². The first-order valence-electron chi connectivity index (χ1n) is 13.1. The van der Waals surface area contributed by atoms with Crippen molar-refractivity contribution in [3.05, 3.63) is 11.6 Å². The lowest BCUT2D eigenvalue weighted by Crippen LogP contribution is -2.60. The summed E-state index contributed by atoms with van der Waals surface area (Å²) in [5.74, 6) is -1.94. The Morgan fingerprint density at radius 1 is 1.21 bits per heavy atom. The molecule has 1 saturated carbocycles. The van der Waals surface area contributed by atoms with E-state index in [9.17, 15) is 29.7 Å². The van der Waals surface area contributed by atoms with Gasteiger partial charge in [0.2, 0.25) is 11.8 Å². The molecule has 0 unspecified atom stereocenters. The Labute approximate surface area is 222 Å². The van der Waals surface area contributed by atoms with Gasteiger partial charge in [0, 0.05) is 32.8 Å². The van der Waals surface area contributed by atoms with Crippen LogP contribution >= 0.6 is 0 Å². The van der Waals surface area contributed by atoms with Crippen molar-refractivity contribution in [1.82, 2.24) is 20.4 Å². The molecule has 2 heterocycles. The van der Waals surface area contributed by atoms with Crippen molar-refractivity contribution >= 4 is 23.7 Å². The zero-order valence-corrected chi connectivity index (χ0v) is 22.3. The zero-order chi connectivity index (χ0) is 28.1. The Kier molecular flexibility index (Phi) is 10.1. The van der Waals surface area contributed by atoms with Gasteiger partial charge in [-0.25, -0.2) is 0 Å². The van der Waals surface area contributed by atoms with E-state index in [1.807, 2.05) is 6.08 Å². The van der Waals surface area contributed by atoms with Crippen LogP contribution in [0.15, 0.2) is 11.6 Å². The van der Waals surface area contributed by atoms with E-state index in [-0.39, 0.29) is 36.5 Å². The quantitative estimate of drug-likeness (QED) is 0.0922. The number of rotatable bonds is 10. The number of hydrogen-bond acceptors (Lipinski definition) is 8. The molecule has 13 heteroatoms. The lowest BCUT2D eigenvalue weighted by Gasteiger charge is -2.39. The molecule has 2 aliphatic heterocycles. The molecule has 0 aromatic carbocycles. The normalized spacial score (nSPS) is 28.5. The smallest absolute Gasteiger partial charge is 0.252 e. The van der Waals surface area contributed by atoms with Crippen LogP contribution in [0.5, 0.6) is 0 Å². The van der Waals surface area contributed by atoms with E-state index in [2.05, 4.69) is 10.6 Å². The number of methoxy groups -OCH3 is 1. The zero-order valence-electron chi connectivity index (χ0n) is 22.3. The van der Waals surface area contributed by atoms with Gasteiger partial charge in [0.25, 0.3) is 5.91 Å². The van der Waals surface area contributed by atoms with Crippen LogP contribution in [-0.2, 0) is 19.1 Å². The maximum absolute atomic E-state index is 13.9. The first-order chi connectivity index (χ1) is 18.0. The Balaban J connectivity index is 1.74. The second-order valence-electron chi connectivity index (χ2n) is 10.7.